The lowest BCUT2D eigenvalue weighted by molar-refractivity contribution is -0.131. The topological polar surface area (TPSA) is 43.8 Å². The first-order valence-electron chi connectivity index (χ1n) is 8.77. The van der Waals surface area contributed by atoms with Crippen LogP contribution in [0, 0.1) is 0 Å². The normalized spacial score (nSPS) is 21.8. The van der Waals surface area contributed by atoms with E-state index in [0.29, 0.717) is 25.9 Å². The molecular formula is C19H29ClN2O2. The van der Waals surface area contributed by atoms with Crippen molar-refractivity contribution in [3.05, 3.63) is 34.9 Å². The van der Waals surface area contributed by atoms with Crippen molar-refractivity contribution in [3.63, 3.8) is 0 Å². The number of likely N-dealkylation sites (tertiary alicyclic amines) is 1. The van der Waals surface area contributed by atoms with Crippen LogP contribution in [0.2, 0.25) is 5.02 Å². The van der Waals surface area contributed by atoms with Crippen LogP contribution in [0.25, 0.3) is 0 Å². The molecule has 2 rings (SSSR count). The van der Waals surface area contributed by atoms with E-state index < -0.39 is 5.60 Å². The predicted octanol–water partition coefficient (Wildman–Crippen LogP) is 2.97. The minimum Gasteiger partial charge on any atom is -0.388 e. The molecule has 0 radical (unpaired) electrons. The SMILES string of the molecule is CN(C)C[C@@]1(O)CCCN(C(=O)CCCc2ccc(Cl)cc2)CC1. The highest BCUT2D eigenvalue weighted by atomic mass is 35.5. The quantitative estimate of drug-likeness (QED) is 0.856. The summed E-state index contributed by atoms with van der Waals surface area (Å²) in [5.41, 5.74) is 0.547. The van der Waals surface area contributed by atoms with E-state index in [1.807, 2.05) is 48.2 Å². The Bertz CT molecular complexity index is 533. The van der Waals surface area contributed by atoms with Crippen molar-refractivity contribution in [3.8, 4) is 0 Å². The Morgan fingerprint density at radius 1 is 1.25 bits per heavy atom. The first kappa shape index (κ1) is 19.2. The van der Waals surface area contributed by atoms with Gasteiger partial charge in [0.25, 0.3) is 0 Å². The maximum absolute atomic E-state index is 12.4. The van der Waals surface area contributed by atoms with Crippen molar-refractivity contribution in [1.29, 1.82) is 0 Å². The van der Waals surface area contributed by atoms with Gasteiger partial charge in [-0.05, 0) is 63.9 Å². The van der Waals surface area contributed by atoms with Crippen LogP contribution in [-0.2, 0) is 11.2 Å². The molecule has 0 bridgehead atoms. The summed E-state index contributed by atoms with van der Waals surface area (Å²) in [7, 11) is 3.95. The third-order valence-corrected chi connectivity index (χ3v) is 4.90. The number of halogens is 1. The first-order valence-corrected chi connectivity index (χ1v) is 9.15. The second-order valence-corrected chi connectivity index (χ2v) is 7.61. The number of aliphatic hydroxyl groups is 1. The van der Waals surface area contributed by atoms with Gasteiger partial charge in [-0.3, -0.25) is 4.79 Å². The number of amides is 1. The summed E-state index contributed by atoms with van der Waals surface area (Å²) in [6, 6.07) is 7.80. The number of carbonyl (C=O) groups excluding carboxylic acids is 1. The molecule has 1 aliphatic heterocycles. The lowest BCUT2D eigenvalue weighted by Gasteiger charge is -2.30. The second-order valence-electron chi connectivity index (χ2n) is 7.18. The van der Waals surface area contributed by atoms with E-state index in [1.165, 1.54) is 5.56 Å². The zero-order valence-electron chi connectivity index (χ0n) is 14.8. The Labute approximate surface area is 150 Å². The molecular weight excluding hydrogens is 324 g/mol. The van der Waals surface area contributed by atoms with Crippen molar-refractivity contribution >= 4 is 17.5 Å². The van der Waals surface area contributed by atoms with Gasteiger partial charge < -0.3 is 14.9 Å². The Kier molecular flexibility index (Phi) is 7.08. The van der Waals surface area contributed by atoms with E-state index in [1.54, 1.807) is 0 Å². The van der Waals surface area contributed by atoms with E-state index >= 15 is 0 Å². The molecule has 1 saturated heterocycles. The van der Waals surface area contributed by atoms with Crippen molar-refractivity contribution in [1.82, 2.24) is 9.80 Å². The van der Waals surface area contributed by atoms with Crippen molar-refractivity contribution in [2.24, 2.45) is 0 Å². The fraction of sp³-hybridized carbons (Fsp3) is 0.632. The molecule has 0 saturated carbocycles. The van der Waals surface area contributed by atoms with E-state index in [9.17, 15) is 9.90 Å². The molecule has 24 heavy (non-hydrogen) atoms. The average molecular weight is 353 g/mol. The first-order chi connectivity index (χ1) is 11.4. The lowest BCUT2D eigenvalue weighted by atomic mass is 9.94. The zero-order valence-corrected chi connectivity index (χ0v) is 15.6. The minimum absolute atomic E-state index is 0.207. The molecule has 0 spiro atoms. The Balaban J connectivity index is 1.77. The number of nitrogens with zero attached hydrogens (tertiary/aromatic N) is 2. The van der Waals surface area contributed by atoms with Gasteiger partial charge in [0.1, 0.15) is 0 Å². The predicted molar refractivity (Wildman–Crippen MR) is 98.3 cm³/mol. The van der Waals surface area contributed by atoms with Crippen LogP contribution < -0.4 is 0 Å². The molecule has 1 amide bonds. The highest BCUT2D eigenvalue weighted by Crippen LogP contribution is 2.23. The van der Waals surface area contributed by atoms with Crippen LogP contribution in [0.15, 0.2) is 24.3 Å². The smallest absolute Gasteiger partial charge is 0.222 e. The number of likely N-dealkylation sites (N-methyl/N-ethyl adjacent to an activating group) is 1. The number of benzene rings is 1. The molecule has 1 fully saturated rings. The Hall–Kier alpha value is -1.10. The molecule has 0 aromatic heterocycles. The van der Waals surface area contributed by atoms with Crippen LogP contribution in [-0.4, -0.2) is 60.1 Å². The summed E-state index contributed by atoms with van der Waals surface area (Å²) in [4.78, 5) is 16.4. The molecule has 4 nitrogen and oxygen atoms in total. The molecule has 1 N–H and O–H groups in total. The number of rotatable bonds is 6. The molecule has 134 valence electrons. The standard InChI is InChI=1S/C19H29ClN2O2/c1-21(2)15-19(24)11-4-13-22(14-12-19)18(23)6-3-5-16-7-9-17(20)10-8-16/h7-10,24H,3-6,11-15H2,1-2H3/t19-/m1/s1. The van der Waals surface area contributed by atoms with Gasteiger partial charge in [-0.2, -0.15) is 0 Å². The summed E-state index contributed by atoms with van der Waals surface area (Å²) in [6.45, 7) is 2.07. The maximum atomic E-state index is 12.4. The minimum atomic E-state index is -0.665. The summed E-state index contributed by atoms with van der Waals surface area (Å²) in [5.74, 6) is 0.207. The van der Waals surface area contributed by atoms with Gasteiger partial charge in [-0.15, -0.1) is 0 Å². The molecule has 0 unspecified atom stereocenters. The van der Waals surface area contributed by atoms with Gasteiger partial charge in [-0.1, -0.05) is 23.7 Å². The average Bonchev–Trinajstić information content (AvgIpc) is 2.70. The van der Waals surface area contributed by atoms with Gasteiger partial charge in [0.2, 0.25) is 5.91 Å². The van der Waals surface area contributed by atoms with Crippen LogP contribution in [0.3, 0.4) is 0 Å². The van der Waals surface area contributed by atoms with Gasteiger partial charge in [0.15, 0.2) is 0 Å². The van der Waals surface area contributed by atoms with Crippen LogP contribution in [0.4, 0.5) is 0 Å². The van der Waals surface area contributed by atoms with Crippen molar-refractivity contribution < 1.29 is 9.90 Å². The fourth-order valence-electron chi connectivity index (χ4n) is 3.43. The molecule has 1 atom stereocenters. The van der Waals surface area contributed by atoms with Crippen LogP contribution >= 0.6 is 11.6 Å². The van der Waals surface area contributed by atoms with E-state index in [4.69, 9.17) is 11.6 Å². The van der Waals surface area contributed by atoms with E-state index in [2.05, 4.69) is 0 Å². The van der Waals surface area contributed by atoms with Gasteiger partial charge in [0, 0.05) is 31.1 Å². The number of hydrogen-bond acceptors (Lipinski definition) is 3. The summed E-state index contributed by atoms with van der Waals surface area (Å²) in [6.07, 6.45) is 4.59. The molecule has 1 aromatic rings. The van der Waals surface area contributed by atoms with Crippen LogP contribution in [0.5, 0.6) is 0 Å². The second kappa shape index (κ2) is 8.84. The van der Waals surface area contributed by atoms with Crippen molar-refractivity contribution in [2.45, 2.75) is 44.1 Å². The zero-order chi connectivity index (χ0) is 17.6. The third kappa shape index (κ3) is 6.08. The molecule has 1 heterocycles. The summed E-state index contributed by atoms with van der Waals surface area (Å²) < 4.78 is 0. The highest BCUT2D eigenvalue weighted by Gasteiger charge is 2.31. The summed E-state index contributed by atoms with van der Waals surface area (Å²) >= 11 is 5.88. The van der Waals surface area contributed by atoms with E-state index in [0.717, 1.165) is 37.3 Å². The largest absolute Gasteiger partial charge is 0.388 e. The molecule has 0 aliphatic carbocycles. The lowest BCUT2D eigenvalue weighted by Crippen LogP contribution is -2.41. The Morgan fingerprint density at radius 2 is 1.96 bits per heavy atom. The molecule has 5 heteroatoms. The molecule has 1 aromatic carbocycles. The Morgan fingerprint density at radius 3 is 2.62 bits per heavy atom. The van der Waals surface area contributed by atoms with E-state index in [-0.39, 0.29) is 5.91 Å². The molecule has 1 aliphatic rings. The fourth-order valence-corrected chi connectivity index (χ4v) is 3.55. The monoisotopic (exact) mass is 352 g/mol. The van der Waals surface area contributed by atoms with Gasteiger partial charge in [0.05, 0.1) is 5.60 Å². The number of carbonyl (C=O) groups is 1. The number of hydrogen-bond donors (Lipinski definition) is 1. The summed E-state index contributed by atoms with van der Waals surface area (Å²) in [5, 5.41) is 11.4. The van der Waals surface area contributed by atoms with Crippen molar-refractivity contribution in [2.75, 3.05) is 33.7 Å². The maximum Gasteiger partial charge on any atom is 0.222 e. The number of aryl methyl sites for hydroxylation is 1. The van der Waals surface area contributed by atoms with Gasteiger partial charge >= 0.3 is 0 Å². The third-order valence-electron chi connectivity index (χ3n) is 4.65. The van der Waals surface area contributed by atoms with Gasteiger partial charge in [-0.25, -0.2) is 0 Å². The highest BCUT2D eigenvalue weighted by molar-refractivity contribution is 6.30. The van der Waals surface area contributed by atoms with Crippen LogP contribution in [0.1, 0.15) is 37.7 Å².